The number of nitrogens with two attached hydrogens (primary N) is 1. The Balaban J connectivity index is 2.87. The van der Waals surface area contributed by atoms with Crippen molar-refractivity contribution in [3.63, 3.8) is 0 Å². The van der Waals surface area contributed by atoms with Crippen molar-refractivity contribution < 1.29 is 0 Å². The molecular formula is C11H12N2. The van der Waals surface area contributed by atoms with Gasteiger partial charge in [-0.15, -0.1) is 0 Å². The number of aromatic nitrogens is 1. The van der Waals surface area contributed by atoms with Gasteiger partial charge in [-0.05, 0) is 31.0 Å². The lowest BCUT2D eigenvalue weighted by Crippen LogP contribution is -1.90. The standard InChI is InChI=1S/C11H12N2/c1-7-3-4-9-5-10(12)6-13-11(9)8(7)2/h3-6H,12H2,1-2H3. The fraction of sp³-hybridized carbons (Fsp3) is 0.182. The molecule has 0 aliphatic heterocycles. The van der Waals surface area contributed by atoms with Crippen LogP contribution in [0.15, 0.2) is 24.4 Å². The predicted octanol–water partition coefficient (Wildman–Crippen LogP) is 2.43. The molecule has 0 saturated heterocycles. The molecule has 2 aromatic rings. The third-order valence-electron chi connectivity index (χ3n) is 2.40. The van der Waals surface area contributed by atoms with Crippen LogP contribution in [0.25, 0.3) is 10.9 Å². The second-order valence-electron chi connectivity index (χ2n) is 3.35. The molecule has 13 heavy (non-hydrogen) atoms. The molecule has 0 radical (unpaired) electrons. The van der Waals surface area contributed by atoms with Crippen molar-refractivity contribution in [1.29, 1.82) is 0 Å². The molecule has 0 saturated carbocycles. The van der Waals surface area contributed by atoms with Crippen LogP contribution in [0.2, 0.25) is 0 Å². The molecule has 0 unspecified atom stereocenters. The second-order valence-corrected chi connectivity index (χ2v) is 3.35. The second kappa shape index (κ2) is 2.73. The third-order valence-corrected chi connectivity index (χ3v) is 2.40. The number of nitrogen functional groups attached to an aromatic ring is 1. The van der Waals surface area contributed by atoms with Crippen LogP contribution in [0.5, 0.6) is 0 Å². The number of benzene rings is 1. The smallest absolute Gasteiger partial charge is 0.0735 e. The highest BCUT2D eigenvalue weighted by Crippen LogP contribution is 2.20. The zero-order chi connectivity index (χ0) is 9.42. The maximum Gasteiger partial charge on any atom is 0.0735 e. The Labute approximate surface area is 77.4 Å². The third kappa shape index (κ3) is 1.24. The lowest BCUT2D eigenvalue weighted by Gasteiger charge is -2.04. The Kier molecular flexibility index (Phi) is 1.69. The topological polar surface area (TPSA) is 38.9 Å². The van der Waals surface area contributed by atoms with Gasteiger partial charge in [0.2, 0.25) is 0 Å². The summed E-state index contributed by atoms with van der Waals surface area (Å²) in [5.41, 5.74) is 9.92. The minimum atomic E-state index is 0.718. The van der Waals surface area contributed by atoms with Gasteiger partial charge in [-0.2, -0.15) is 0 Å². The van der Waals surface area contributed by atoms with Gasteiger partial charge in [0.15, 0.2) is 0 Å². The number of pyridine rings is 1. The minimum Gasteiger partial charge on any atom is -0.397 e. The molecule has 0 bridgehead atoms. The van der Waals surface area contributed by atoms with E-state index < -0.39 is 0 Å². The molecule has 0 fully saturated rings. The fourth-order valence-electron chi connectivity index (χ4n) is 1.47. The molecule has 1 heterocycles. The summed E-state index contributed by atoms with van der Waals surface area (Å²) in [6.07, 6.45) is 1.70. The average molecular weight is 172 g/mol. The molecule has 66 valence electrons. The summed E-state index contributed by atoms with van der Waals surface area (Å²) in [6.45, 7) is 4.17. The van der Waals surface area contributed by atoms with Gasteiger partial charge in [0.25, 0.3) is 0 Å². The van der Waals surface area contributed by atoms with E-state index in [-0.39, 0.29) is 0 Å². The molecule has 1 aromatic heterocycles. The molecular weight excluding hydrogens is 160 g/mol. The van der Waals surface area contributed by atoms with E-state index in [1.165, 1.54) is 11.1 Å². The summed E-state index contributed by atoms with van der Waals surface area (Å²) >= 11 is 0. The summed E-state index contributed by atoms with van der Waals surface area (Å²) in [5.74, 6) is 0. The van der Waals surface area contributed by atoms with Crippen LogP contribution in [-0.4, -0.2) is 4.98 Å². The average Bonchev–Trinajstić information content (AvgIpc) is 2.12. The van der Waals surface area contributed by atoms with E-state index in [0.29, 0.717) is 0 Å². The van der Waals surface area contributed by atoms with Crippen LogP contribution < -0.4 is 5.73 Å². The van der Waals surface area contributed by atoms with Crippen molar-refractivity contribution >= 4 is 16.6 Å². The Bertz CT molecular complexity index is 461. The van der Waals surface area contributed by atoms with Crippen molar-refractivity contribution in [2.45, 2.75) is 13.8 Å². The molecule has 0 spiro atoms. The van der Waals surface area contributed by atoms with E-state index in [4.69, 9.17) is 5.73 Å². The molecule has 2 nitrogen and oxygen atoms in total. The number of nitrogens with zero attached hydrogens (tertiary/aromatic N) is 1. The Morgan fingerprint density at radius 1 is 1.23 bits per heavy atom. The number of aryl methyl sites for hydroxylation is 2. The zero-order valence-corrected chi connectivity index (χ0v) is 7.83. The van der Waals surface area contributed by atoms with Gasteiger partial charge < -0.3 is 5.73 Å². The lowest BCUT2D eigenvalue weighted by molar-refractivity contribution is 1.31. The number of anilines is 1. The summed E-state index contributed by atoms with van der Waals surface area (Å²) in [7, 11) is 0. The molecule has 0 aliphatic carbocycles. The van der Waals surface area contributed by atoms with Crippen LogP contribution >= 0.6 is 0 Å². The lowest BCUT2D eigenvalue weighted by atomic mass is 10.1. The van der Waals surface area contributed by atoms with Crippen LogP contribution in [0.1, 0.15) is 11.1 Å². The first-order valence-electron chi connectivity index (χ1n) is 4.30. The van der Waals surface area contributed by atoms with Crippen molar-refractivity contribution in [3.05, 3.63) is 35.5 Å². The fourth-order valence-corrected chi connectivity index (χ4v) is 1.47. The highest BCUT2D eigenvalue weighted by Gasteiger charge is 2.00. The summed E-state index contributed by atoms with van der Waals surface area (Å²) < 4.78 is 0. The van der Waals surface area contributed by atoms with Crippen molar-refractivity contribution in [3.8, 4) is 0 Å². The van der Waals surface area contributed by atoms with Gasteiger partial charge >= 0.3 is 0 Å². The Morgan fingerprint density at radius 3 is 2.77 bits per heavy atom. The Morgan fingerprint density at radius 2 is 2.00 bits per heavy atom. The largest absolute Gasteiger partial charge is 0.397 e. The van der Waals surface area contributed by atoms with Crippen molar-refractivity contribution in [2.24, 2.45) is 0 Å². The number of fused-ring (bicyclic) bond motifs is 1. The van der Waals surface area contributed by atoms with Gasteiger partial charge in [0, 0.05) is 5.39 Å². The van der Waals surface area contributed by atoms with Crippen LogP contribution in [0.3, 0.4) is 0 Å². The number of hydrogen-bond acceptors (Lipinski definition) is 2. The van der Waals surface area contributed by atoms with Crippen LogP contribution in [-0.2, 0) is 0 Å². The van der Waals surface area contributed by atoms with Gasteiger partial charge in [-0.3, -0.25) is 4.98 Å². The minimum absolute atomic E-state index is 0.718. The predicted molar refractivity (Wildman–Crippen MR) is 55.6 cm³/mol. The highest BCUT2D eigenvalue weighted by atomic mass is 14.7. The SMILES string of the molecule is Cc1ccc2cc(N)cnc2c1C. The maximum atomic E-state index is 5.65. The maximum absolute atomic E-state index is 5.65. The van der Waals surface area contributed by atoms with E-state index in [2.05, 4.69) is 31.0 Å². The van der Waals surface area contributed by atoms with E-state index in [1.54, 1.807) is 6.20 Å². The summed E-state index contributed by atoms with van der Waals surface area (Å²) in [6, 6.07) is 6.11. The zero-order valence-electron chi connectivity index (χ0n) is 7.83. The van der Waals surface area contributed by atoms with Gasteiger partial charge in [-0.25, -0.2) is 0 Å². The first-order valence-corrected chi connectivity index (χ1v) is 4.30. The highest BCUT2D eigenvalue weighted by molar-refractivity contribution is 5.84. The van der Waals surface area contributed by atoms with Gasteiger partial charge in [0.1, 0.15) is 0 Å². The summed E-state index contributed by atoms with van der Waals surface area (Å²) in [5, 5.41) is 1.11. The molecule has 2 N–H and O–H groups in total. The van der Waals surface area contributed by atoms with E-state index in [1.807, 2.05) is 6.07 Å². The Hall–Kier alpha value is -1.57. The van der Waals surface area contributed by atoms with Crippen molar-refractivity contribution in [2.75, 3.05) is 5.73 Å². The molecule has 0 atom stereocenters. The number of rotatable bonds is 0. The quantitative estimate of drug-likeness (QED) is 0.662. The first kappa shape index (κ1) is 8.05. The molecule has 0 amide bonds. The van der Waals surface area contributed by atoms with Crippen LogP contribution in [0.4, 0.5) is 5.69 Å². The molecule has 0 aliphatic rings. The van der Waals surface area contributed by atoms with E-state index in [9.17, 15) is 0 Å². The van der Waals surface area contributed by atoms with E-state index in [0.717, 1.165) is 16.6 Å². The molecule has 2 rings (SSSR count). The molecule has 2 heteroatoms. The first-order chi connectivity index (χ1) is 6.18. The monoisotopic (exact) mass is 172 g/mol. The summed E-state index contributed by atoms with van der Waals surface area (Å²) in [4.78, 5) is 4.32. The van der Waals surface area contributed by atoms with Gasteiger partial charge in [0.05, 0.1) is 17.4 Å². The molecule has 1 aromatic carbocycles. The van der Waals surface area contributed by atoms with E-state index >= 15 is 0 Å². The van der Waals surface area contributed by atoms with Crippen molar-refractivity contribution in [1.82, 2.24) is 4.98 Å². The number of hydrogen-bond donors (Lipinski definition) is 1. The normalized spacial score (nSPS) is 10.6. The van der Waals surface area contributed by atoms with Gasteiger partial charge in [-0.1, -0.05) is 12.1 Å². The van der Waals surface area contributed by atoms with Crippen LogP contribution in [0, 0.1) is 13.8 Å².